The fraction of sp³-hybridized carbons (Fsp3) is 0.214. The highest BCUT2D eigenvalue weighted by molar-refractivity contribution is 5.79. The fourth-order valence-corrected chi connectivity index (χ4v) is 1.73. The number of ether oxygens (including phenoxy) is 1. The van der Waals surface area contributed by atoms with Crippen molar-refractivity contribution in [3.8, 4) is 11.5 Å². The lowest BCUT2D eigenvalue weighted by atomic mass is 10.2. The first-order valence-electron chi connectivity index (χ1n) is 5.91. The smallest absolute Gasteiger partial charge is 0.164 e. The molecule has 2 aromatic rings. The van der Waals surface area contributed by atoms with Crippen LogP contribution in [-0.4, -0.2) is 16.3 Å². The van der Waals surface area contributed by atoms with Gasteiger partial charge in [0, 0.05) is 5.92 Å². The lowest BCUT2D eigenvalue weighted by Crippen LogP contribution is -1.94. The molecule has 4 nitrogen and oxygen atoms in total. The van der Waals surface area contributed by atoms with Gasteiger partial charge in [0.1, 0.15) is 11.6 Å². The monoisotopic (exact) mass is 240 g/mol. The van der Waals surface area contributed by atoms with Gasteiger partial charge in [-0.2, -0.15) is 0 Å². The third kappa shape index (κ3) is 2.22. The van der Waals surface area contributed by atoms with Crippen LogP contribution in [0.2, 0.25) is 0 Å². The molecule has 0 N–H and O–H groups in total. The third-order valence-electron chi connectivity index (χ3n) is 2.86. The van der Waals surface area contributed by atoms with Gasteiger partial charge in [-0.3, -0.25) is 4.79 Å². The predicted octanol–water partition coefficient (Wildman–Crippen LogP) is 2.96. The Bertz CT molecular complexity index is 562. The van der Waals surface area contributed by atoms with Crippen molar-refractivity contribution in [3.05, 3.63) is 48.0 Å². The lowest BCUT2D eigenvalue weighted by molar-refractivity contribution is 0.112. The van der Waals surface area contributed by atoms with Crippen LogP contribution in [0.4, 0.5) is 0 Å². The molecule has 0 saturated heterocycles. The molecule has 0 bridgehead atoms. The summed E-state index contributed by atoms with van der Waals surface area (Å²) in [5, 5.41) is 0. The van der Waals surface area contributed by atoms with Crippen LogP contribution < -0.4 is 4.74 Å². The first-order chi connectivity index (χ1) is 8.86. The van der Waals surface area contributed by atoms with E-state index in [1.54, 1.807) is 30.6 Å². The quantitative estimate of drug-likeness (QED) is 0.771. The first-order valence-corrected chi connectivity index (χ1v) is 5.91. The summed E-state index contributed by atoms with van der Waals surface area (Å²) >= 11 is 0. The highest BCUT2D eigenvalue weighted by atomic mass is 16.5. The molecule has 1 aliphatic carbocycles. The van der Waals surface area contributed by atoms with E-state index >= 15 is 0 Å². The van der Waals surface area contributed by atoms with E-state index in [0.717, 1.165) is 12.1 Å². The van der Waals surface area contributed by atoms with Crippen molar-refractivity contribution in [2.24, 2.45) is 0 Å². The molecular formula is C14H12N2O2. The fourth-order valence-electron chi connectivity index (χ4n) is 1.73. The molecule has 0 radical (unpaired) electrons. The molecule has 0 spiro atoms. The van der Waals surface area contributed by atoms with Gasteiger partial charge in [-0.05, 0) is 25.0 Å². The van der Waals surface area contributed by atoms with Crippen molar-refractivity contribution in [1.29, 1.82) is 0 Å². The zero-order valence-corrected chi connectivity index (χ0v) is 9.74. The SMILES string of the molecule is O=Cc1ccccc1Oc1cnc(C2CC2)nc1. The van der Waals surface area contributed by atoms with Crippen molar-refractivity contribution >= 4 is 6.29 Å². The summed E-state index contributed by atoms with van der Waals surface area (Å²) in [4.78, 5) is 19.4. The summed E-state index contributed by atoms with van der Waals surface area (Å²) in [6.07, 6.45) is 6.43. The number of carbonyl (C=O) groups excluding carboxylic acids is 1. The number of aromatic nitrogens is 2. The number of hydrogen-bond donors (Lipinski definition) is 0. The van der Waals surface area contributed by atoms with E-state index in [1.807, 2.05) is 6.07 Å². The number of carbonyl (C=O) groups is 1. The Kier molecular flexibility index (Phi) is 2.76. The second-order valence-corrected chi connectivity index (χ2v) is 4.31. The highest BCUT2D eigenvalue weighted by Crippen LogP contribution is 2.38. The van der Waals surface area contributed by atoms with Crippen LogP contribution in [0.15, 0.2) is 36.7 Å². The van der Waals surface area contributed by atoms with Crippen LogP contribution in [0.1, 0.15) is 34.9 Å². The molecule has 0 atom stereocenters. The Labute approximate surface area is 105 Å². The van der Waals surface area contributed by atoms with E-state index in [4.69, 9.17) is 4.74 Å². The summed E-state index contributed by atoms with van der Waals surface area (Å²) in [5.41, 5.74) is 0.517. The van der Waals surface area contributed by atoms with Crippen molar-refractivity contribution in [3.63, 3.8) is 0 Å². The normalized spacial score (nSPS) is 14.2. The summed E-state index contributed by atoms with van der Waals surface area (Å²) in [7, 11) is 0. The molecule has 18 heavy (non-hydrogen) atoms. The Balaban J connectivity index is 1.80. The summed E-state index contributed by atoms with van der Waals surface area (Å²) in [6.45, 7) is 0. The first kappa shape index (κ1) is 10.9. The van der Waals surface area contributed by atoms with Crippen LogP contribution >= 0.6 is 0 Å². The van der Waals surface area contributed by atoms with Crippen LogP contribution in [-0.2, 0) is 0 Å². The summed E-state index contributed by atoms with van der Waals surface area (Å²) < 4.78 is 5.60. The van der Waals surface area contributed by atoms with E-state index in [-0.39, 0.29) is 0 Å². The molecule has 90 valence electrons. The number of rotatable bonds is 4. The zero-order chi connectivity index (χ0) is 12.4. The van der Waals surface area contributed by atoms with Gasteiger partial charge in [-0.25, -0.2) is 9.97 Å². The second kappa shape index (κ2) is 4.56. The number of aldehydes is 1. The van der Waals surface area contributed by atoms with Crippen molar-refractivity contribution < 1.29 is 9.53 Å². The average molecular weight is 240 g/mol. The lowest BCUT2D eigenvalue weighted by Gasteiger charge is -2.07. The Morgan fingerprint density at radius 2 is 1.89 bits per heavy atom. The highest BCUT2D eigenvalue weighted by Gasteiger charge is 2.26. The Hall–Kier alpha value is -2.23. The molecule has 1 saturated carbocycles. The van der Waals surface area contributed by atoms with Crippen LogP contribution in [0.3, 0.4) is 0 Å². The van der Waals surface area contributed by atoms with Crippen molar-refractivity contribution in [1.82, 2.24) is 9.97 Å². The van der Waals surface area contributed by atoms with E-state index in [1.165, 1.54) is 12.8 Å². The molecule has 4 heteroatoms. The number of nitrogens with zero attached hydrogens (tertiary/aromatic N) is 2. The summed E-state index contributed by atoms with van der Waals surface area (Å²) in [6, 6.07) is 7.07. The molecule has 3 rings (SSSR count). The Morgan fingerprint density at radius 3 is 2.56 bits per heavy atom. The zero-order valence-electron chi connectivity index (χ0n) is 9.74. The molecule has 1 aliphatic rings. The van der Waals surface area contributed by atoms with E-state index in [9.17, 15) is 4.79 Å². The maximum absolute atomic E-state index is 10.9. The second-order valence-electron chi connectivity index (χ2n) is 4.31. The van der Waals surface area contributed by atoms with Gasteiger partial charge < -0.3 is 4.74 Å². The van der Waals surface area contributed by atoms with E-state index in [0.29, 0.717) is 23.0 Å². The topological polar surface area (TPSA) is 52.1 Å². The van der Waals surface area contributed by atoms with Gasteiger partial charge in [0.25, 0.3) is 0 Å². The molecular weight excluding hydrogens is 228 g/mol. The van der Waals surface area contributed by atoms with Gasteiger partial charge >= 0.3 is 0 Å². The number of benzene rings is 1. The average Bonchev–Trinajstić information content (AvgIpc) is 3.25. The molecule has 0 unspecified atom stereocenters. The Morgan fingerprint density at radius 1 is 1.17 bits per heavy atom. The summed E-state index contributed by atoms with van der Waals surface area (Å²) in [5.74, 6) is 2.48. The van der Waals surface area contributed by atoms with Crippen LogP contribution in [0.25, 0.3) is 0 Å². The van der Waals surface area contributed by atoms with Gasteiger partial charge in [0.05, 0.1) is 18.0 Å². The predicted molar refractivity (Wildman–Crippen MR) is 65.9 cm³/mol. The maximum Gasteiger partial charge on any atom is 0.164 e. The van der Waals surface area contributed by atoms with Gasteiger partial charge in [0.2, 0.25) is 0 Å². The standard InChI is InChI=1S/C14H12N2O2/c17-9-11-3-1-2-4-13(11)18-12-7-15-14(16-8-12)10-5-6-10/h1-4,7-10H,5-6H2. The van der Waals surface area contributed by atoms with E-state index in [2.05, 4.69) is 9.97 Å². The number of hydrogen-bond acceptors (Lipinski definition) is 4. The van der Waals surface area contributed by atoms with Crippen molar-refractivity contribution in [2.75, 3.05) is 0 Å². The minimum absolute atomic E-state index is 0.517. The minimum Gasteiger partial charge on any atom is -0.453 e. The third-order valence-corrected chi connectivity index (χ3v) is 2.86. The number of para-hydroxylation sites is 1. The molecule has 0 amide bonds. The minimum atomic E-state index is 0.517. The molecule has 1 heterocycles. The molecule has 1 aromatic heterocycles. The van der Waals surface area contributed by atoms with Gasteiger partial charge in [-0.1, -0.05) is 12.1 Å². The molecule has 0 aliphatic heterocycles. The maximum atomic E-state index is 10.9. The van der Waals surface area contributed by atoms with E-state index < -0.39 is 0 Å². The van der Waals surface area contributed by atoms with Gasteiger partial charge in [-0.15, -0.1) is 0 Å². The van der Waals surface area contributed by atoms with Crippen LogP contribution in [0.5, 0.6) is 11.5 Å². The van der Waals surface area contributed by atoms with Crippen LogP contribution in [0, 0.1) is 0 Å². The van der Waals surface area contributed by atoms with Gasteiger partial charge in [0.15, 0.2) is 12.0 Å². The molecule has 1 aromatic carbocycles. The largest absolute Gasteiger partial charge is 0.453 e. The van der Waals surface area contributed by atoms with Crippen molar-refractivity contribution in [2.45, 2.75) is 18.8 Å². The molecule has 1 fully saturated rings.